The van der Waals surface area contributed by atoms with Crippen molar-refractivity contribution in [3.05, 3.63) is 120 Å². The Balaban J connectivity index is 1.24. The average molecular weight is 451 g/mol. The topological polar surface area (TPSA) is 60.4 Å². The van der Waals surface area contributed by atoms with Gasteiger partial charge in [0, 0.05) is 35.6 Å². The average Bonchev–Trinajstić information content (AvgIpc) is 3.47. The molecule has 0 aliphatic rings. The van der Waals surface area contributed by atoms with Crippen LogP contribution in [-0.2, 0) is 19.8 Å². The zero-order chi connectivity index (χ0) is 23.3. The van der Waals surface area contributed by atoms with Crippen LogP contribution in [0.5, 0.6) is 5.75 Å². The second-order valence-electron chi connectivity index (χ2n) is 8.21. The number of oxazole rings is 1. The summed E-state index contributed by atoms with van der Waals surface area (Å²) in [5, 5.41) is 9.79. The monoisotopic (exact) mass is 450 g/mol. The van der Waals surface area contributed by atoms with Crippen LogP contribution in [0.25, 0.3) is 22.6 Å². The highest BCUT2D eigenvalue weighted by atomic mass is 16.5. The van der Waals surface area contributed by atoms with E-state index in [9.17, 15) is 5.11 Å². The number of aromatic nitrogens is 2. The van der Waals surface area contributed by atoms with Crippen LogP contribution in [0, 0.1) is 6.92 Å². The number of aryl methyl sites for hydroxylation is 1. The maximum Gasteiger partial charge on any atom is 0.226 e. The van der Waals surface area contributed by atoms with E-state index in [1.54, 1.807) is 0 Å². The summed E-state index contributed by atoms with van der Waals surface area (Å²) in [6.45, 7) is 2.97. The van der Waals surface area contributed by atoms with Gasteiger partial charge in [0.25, 0.3) is 0 Å². The van der Waals surface area contributed by atoms with E-state index >= 15 is 0 Å². The first kappa shape index (κ1) is 21.7. The highest BCUT2D eigenvalue weighted by Gasteiger charge is 2.12. The predicted octanol–water partition coefficient (Wildman–Crippen LogP) is 6.24. The van der Waals surface area contributed by atoms with Crippen molar-refractivity contribution in [2.45, 2.75) is 26.7 Å². The highest BCUT2D eigenvalue weighted by molar-refractivity contribution is 5.66. The Morgan fingerprint density at radius 1 is 0.853 bits per heavy atom. The highest BCUT2D eigenvalue weighted by Crippen LogP contribution is 2.26. The molecule has 0 aliphatic carbocycles. The number of benzene rings is 3. The van der Waals surface area contributed by atoms with Gasteiger partial charge < -0.3 is 18.8 Å². The van der Waals surface area contributed by atoms with Gasteiger partial charge in [-0.2, -0.15) is 0 Å². The number of rotatable bonds is 8. The van der Waals surface area contributed by atoms with Crippen LogP contribution in [0.3, 0.4) is 0 Å². The maximum atomic E-state index is 9.79. The van der Waals surface area contributed by atoms with Crippen LogP contribution < -0.4 is 4.74 Å². The minimum absolute atomic E-state index is 0.0114. The lowest BCUT2D eigenvalue weighted by Gasteiger charge is -2.07. The van der Waals surface area contributed by atoms with Crippen LogP contribution >= 0.6 is 0 Å². The Hall–Kier alpha value is -4.09. The summed E-state index contributed by atoms with van der Waals surface area (Å²) < 4.78 is 13.9. The Bertz CT molecular complexity index is 1350. The fraction of sp³-hybridized carbons (Fsp3) is 0.138. The minimum atomic E-state index is 0.0114. The number of aliphatic hydroxyl groups is 1. The molecule has 5 nitrogen and oxygen atoms in total. The lowest BCUT2D eigenvalue weighted by molar-refractivity contribution is 0.282. The van der Waals surface area contributed by atoms with Gasteiger partial charge in [0.15, 0.2) is 0 Å². The predicted molar refractivity (Wildman–Crippen MR) is 132 cm³/mol. The Morgan fingerprint density at radius 2 is 1.53 bits per heavy atom. The molecular weight excluding hydrogens is 424 g/mol. The molecule has 0 radical (unpaired) electrons. The van der Waals surface area contributed by atoms with Crippen molar-refractivity contribution in [2.24, 2.45) is 0 Å². The number of hydrogen-bond acceptors (Lipinski definition) is 4. The summed E-state index contributed by atoms with van der Waals surface area (Å²) in [5.74, 6) is 2.15. The quantitative estimate of drug-likeness (QED) is 0.304. The van der Waals surface area contributed by atoms with Gasteiger partial charge in [0.2, 0.25) is 5.89 Å². The summed E-state index contributed by atoms with van der Waals surface area (Å²) in [6.07, 6.45) is 4.09. The minimum Gasteiger partial charge on any atom is -0.487 e. The molecule has 0 unspecified atom stereocenters. The van der Waals surface area contributed by atoms with E-state index in [0.29, 0.717) is 19.0 Å². The van der Waals surface area contributed by atoms with E-state index < -0.39 is 0 Å². The first-order chi connectivity index (χ1) is 16.7. The van der Waals surface area contributed by atoms with E-state index in [0.717, 1.165) is 45.0 Å². The van der Waals surface area contributed by atoms with Gasteiger partial charge in [-0.1, -0.05) is 60.7 Å². The van der Waals surface area contributed by atoms with Crippen molar-refractivity contribution in [1.29, 1.82) is 0 Å². The van der Waals surface area contributed by atoms with Crippen LogP contribution in [-0.4, -0.2) is 14.7 Å². The van der Waals surface area contributed by atoms with Crippen LogP contribution in [0.4, 0.5) is 0 Å². The first-order valence-corrected chi connectivity index (χ1v) is 11.3. The van der Waals surface area contributed by atoms with Gasteiger partial charge in [-0.15, -0.1) is 0 Å². The lowest BCUT2D eigenvalue weighted by Crippen LogP contribution is -1.99. The molecule has 2 aromatic heterocycles. The van der Waals surface area contributed by atoms with Crippen molar-refractivity contribution < 1.29 is 14.3 Å². The van der Waals surface area contributed by atoms with Gasteiger partial charge in [-0.05, 0) is 42.3 Å². The van der Waals surface area contributed by atoms with Crippen molar-refractivity contribution >= 4 is 0 Å². The molecule has 34 heavy (non-hydrogen) atoms. The summed E-state index contributed by atoms with van der Waals surface area (Å²) in [5.41, 5.74) is 5.97. The Labute approximate surface area is 198 Å². The number of hydrogen-bond donors (Lipinski definition) is 1. The molecule has 0 atom stereocenters. The Kier molecular flexibility index (Phi) is 6.27. The molecule has 3 aromatic carbocycles. The summed E-state index contributed by atoms with van der Waals surface area (Å²) in [4.78, 5) is 4.60. The third-order valence-corrected chi connectivity index (χ3v) is 5.80. The van der Waals surface area contributed by atoms with E-state index in [2.05, 4.69) is 40.0 Å². The van der Waals surface area contributed by atoms with Gasteiger partial charge in [-0.3, -0.25) is 0 Å². The van der Waals surface area contributed by atoms with Crippen LogP contribution in [0.1, 0.15) is 22.6 Å². The fourth-order valence-corrected chi connectivity index (χ4v) is 3.97. The van der Waals surface area contributed by atoms with Crippen molar-refractivity contribution in [3.8, 4) is 28.3 Å². The van der Waals surface area contributed by atoms with E-state index in [-0.39, 0.29) is 6.61 Å². The fourth-order valence-electron chi connectivity index (χ4n) is 3.97. The smallest absolute Gasteiger partial charge is 0.226 e. The number of nitrogens with zero attached hydrogens (tertiary/aromatic N) is 2. The molecular formula is C29H26N2O3. The standard InChI is InChI=1S/C29H26N2O3/c1-21-28(30-29(34-21)24-10-6-3-7-11-24)20-33-26-14-12-22(13-15-26)16-31-17-25(19-32)27(18-31)23-8-4-2-5-9-23/h2-15,17-18,32H,16,19-20H2,1H3. The van der Waals surface area contributed by atoms with Gasteiger partial charge in [-0.25, -0.2) is 4.98 Å². The first-order valence-electron chi connectivity index (χ1n) is 11.3. The molecule has 0 amide bonds. The lowest BCUT2D eigenvalue weighted by atomic mass is 10.1. The van der Waals surface area contributed by atoms with Gasteiger partial charge in [0.1, 0.15) is 23.8 Å². The zero-order valence-corrected chi connectivity index (χ0v) is 19.0. The zero-order valence-electron chi connectivity index (χ0n) is 19.0. The normalized spacial score (nSPS) is 11.0. The summed E-state index contributed by atoms with van der Waals surface area (Å²) in [6, 6.07) is 28.0. The third kappa shape index (κ3) is 4.80. The van der Waals surface area contributed by atoms with Crippen LogP contribution in [0.2, 0.25) is 0 Å². The summed E-state index contributed by atoms with van der Waals surface area (Å²) >= 11 is 0. The third-order valence-electron chi connectivity index (χ3n) is 5.80. The van der Waals surface area contributed by atoms with Crippen LogP contribution in [0.15, 0.2) is 102 Å². The van der Waals surface area contributed by atoms with E-state index in [1.807, 2.05) is 73.8 Å². The number of ether oxygens (including phenoxy) is 1. The molecule has 0 spiro atoms. The SMILES string of the molecule is Cc1oc(-c2ccccc2)nc1COc1ccc(Cn2cc(CO)c(-c3ccccc3)c2)cc1. The van der Waals surface area contributed by atoms with Crippen molar-refractivity contribution in [2.75, 3.05) is 0 Å². The molecule has 0 fully saturated rings. The molecule has 0 saturated heterocycles. The maximum absolute atomic E-state index is 9.79. The second-order valence-corrected chi connectivity index (χ2v) is 8.21. The van der Waals surface area contributed by atoms with Gasteiger partial charge in [0.05, 0.1) is 6.61 Å². The second kappa shape index (κ2) is 9.81. The number of aliphatic hydroxyl groups excluding tert-OH is 1. The molecule has 170 valence electrons. The van der Waals surface area contributed by atoms with Crippen molar-refractivity contribution in [1.82, 2.24) is 9.55 Å². The molecule has 2 heterocycles. The molecule has 0 aliphatic heterocycles. The molecule has 5 heteroatoms. The van der Waals surface area contributed by atoms with Gasteiger partial charge >= 0.3 is 0 Å². The van der Waals surface area contributed by atoms with Crippen molar-refractivity contribution in [3.63, 3.8) is 0 Å². The van der Waals surface area contributed by atoms with E-state index in [4.69, 9.17) is 9.15 Å². The summed E-state index contributed by atoms with van der Waals surface area (Å²) in [7, 11) is 0. The molecule has 0 bridgehead atoms. The molecule has 5 aromatic rings. The largest absolute Gasteiger partial charge is 0.487 e. The molecule has 1 N–H and O–H groups in total. The molecule has 0 saturated carbocycles. The molecule has 5 rings (SSSR count). The Morgan fingerprint density at radius 3 is 2.21 bits per heavy atom. The van der Waals surface area contributed by atoms with E-state index in [1.165, 1.54) is 0 Å².